The minimum Gasteiger partial charge on any atom is -0.307 e. The zero-order valence-corrected chi connectivity index (χ0v) is 3.96. The molecule has 34 valence electrons. The highest BCUT2D eigenvalue weighted by Gasteiger charge is 2.09. The molecule has 1 rings (SSSR count). The Hall–Kier alpha value is -0.0200. The first kappa shape index (κ1) is 4.15. The zero-order chi connectivity index (χ0) is 4.41. The van der Waals surface area contributed by atoms with E-state index < -0.39 is 0 Å². The summed E-state index contributed by atoms with van der Waals surface area (Å²) in [4.78, 5) is 10.1. The molecule has 0 aliphatic carbocycles. The monoisotopic (exact) mass is 104 g/mol. The van der Waals surface area contributed by atoms with Crippen LogP contribution in [0.5, 0.6) is 0 Å². The third kappa shape index (κ3) is 0.725. The molecule has 0 saturated carbocycles. The summed E-state index contributed by atoms with van der Waals surface area (Å²) in [6.07, 6.45) is 0. The quantitative estimate of drug-likeness (QED) is 0.412. The maximum absolute atomic E-state index is 10.1. The van der Waals surface area contributed by atoms with Gasteiger partial charge in [0, 0.05) is 0 Å². The minimum absolute atomic E-state index is 0.194. The third-order valence-electron chi connectivity index (χ3n) is 0.523. The Labute approximate surface area is 40.1 Å². The topological polar surface area (TPSA) is 26.3 Å². The molecule has 1 saturated heterocycles. The fraction of sp³-hybridized carbons (Fsp3) is 0.667. The Morgan fingerprint density at radius 3 is 2.83 bits per heavy atom. The second-order valence-corrected chi connectivity index (χ2v) is 1.82. The minimum atomic E-state index is 0.194. The van der Waals surface area contributed by atoms with Gasteiger partial charge >= 0.3 is 0 Å². The predicted molar refractivity (Wildman–Crippen MR) is 23.4 cm³/mol. The van der Waals surface area contributed by atoms with Crippen LogP contribution in [0.2, 0.25) is 0 Å². The molecule has 0 radical (unpaired) electrons. The van der Waals surface area contributed by atoms with Gasteiger partial charge in [0.25, 0.3) is 0 Å². The van der Waals surface area contributed by atoms with Crippen molar-refractivity contribution in [2.75, 3.05) is 12.4 Å². The van der Waals surface area contributed by atoms with E-state index in [0.29, 0.717) is 12.4 Å². The predicted octanol–water partition coefficient (Wildman–Crippen LogP) is 0.234. The number of carbonyl (C=O) groups is 1. The van der Waals surface area contributed by atoms with Crippen LogP contribution in [0.25, 0.3) is 0 Å². The molecule has 1 aliphatic rings. The first-order valence-electron chi connectivity index (χ1n) is 1.66. The van der Waals surface area contributed by atoms with Gasteiger partial charge in [-0.1, -0.05) is 0 Å². The summed E-state index contributed by atoms with van der Waals surface area (Å²) < 4.78 is 4.62. The Bertz CT molecular complexity index is 63.2. The van der Waals surface area contributed by atoms with Gasteiger partial charge in [-0.05, 0) is 12.0 Å². The number of Topliss-reactive ketones (excluding diaryl/α,β-unsaturated/α-hetero) is 1. The summed E-state index contributed by atoms with van der Waals surface area (Å²) >= 11 is 1.23. The highest BCUT2D eigenvalue weighted by atomic mass is 32.2. The lowest BCUT2D eigenvalue weighted by Gasteiger charge is -1.73. The molecule has 0 aromatic rings. The lowest BCUT2D eigenvalue weighted by Crippen LogP contribution is -1.96. The van der Waals surface area contributed by atoms with Crippen LogP contribution in [0.15, 0.2) is 0 Å². The van der Waals surface area contributed by atoms with Crippen LogP contribution in [-0.2, 0) is 8.98 Å². The van der Waals surface area contributed by atoms with Crippen LogP contribution >= 0.6 is 12.0 Å². The Balaban J connectivity index is 2.37. The van der Waals surface area contributed by atoms with E-state index in [0.717, 1.165) is 0 Å². The van der Waals surface area contributed by atoms with Crippen LogP contribution in [0.3, 0.4) is 0 Å². The molecular formula is C3H4O2S. The van der Waals surface area contributed by atoms with Crippen molar-refractivity contribution in [3.05, 3.63) is 0 Å². The average molecular weight is 104 g/mol. The lowest BCUT2D eigenvalue weighted by atomic mass is 10.5. The Kier molecular flexibility index (Phi) is 1.12. The molecule has 1 fully saturated rings. The maximum atomic E-state index is 10.1. The molecule has 0 atom stereocenters. The lowest BCUT2D eigenvalue weighted by molar-refractivity contribution is -0.117. The molecule has 0 bridgehead atoms. The molecular weight excluding hydrogens is 100 g/mol. The van der Waals surface area contributed by atoms with Gasteiger partial charge in [-0.15, -0.1) is 0 Å². The first-order chi connectivity index (χ1) is 2.89. The molecule has 0 amide bonds. The van der Waals surface area contributed by atoms with Crippen molar-refractivity contribution in [2.24, 2.45) is 0 Å². The van der Waals surface area contributed by atoms with E-state index in [9.17, 15) is 4.79 Å². The van der Waals surface area contributed by atoms with Gasteiger partial charge in [0.2, 0.25) is 0 Å². The number of rotatable bonds is 0. The second kappa shape index (κ2) is 1.62. The number of hydrogen-bond acceptors (Lipinski definition) is 3. The van der Waals surface area contributed by atoms with Crippen molar-refractivity contribution in [3.63, 3.8) is 0 Å². The van der Waals surface area contributed by atoms with Crippen LogP contribution in [-0.4, -0.2) is 18.1 Å². The van der Waals surface area contributed by atoms with E-state index in [1.165, 1.54) is 12.0 Å². The molecule has 1 aliphatic heterocycles. The van der Waals surface area contributed by atoms with Gasteiger partial charge in [-0.25, -0.2) is 0 Å². The largest absolute Gasteiger partial charge is 0.307 e. The summed E-state index contributed by atoms with van der Waals surface area (Å²) in [5, 5.41) is 0. The fourth-order valence-electron chi connectivity index (χ4n) is 0.256. The van der Waals surface area contributed by atoms with Crippen LogP contribution in [0, 0.1) is 0 Å². The highest BCUT2D eigenvalue weighted by molar-refractivity contribution is 7.95. The van der Waals surface area contributed by atoms with Crippen molar-refractivity contribution in [1.29, 1.82) is 0 Å². The second-order valence-electron chi connectivity index (χ2n) is 1.06. The van der Waals surface area contributed by atoms with Crippen molar-refractivity contribution in [3.8, 4) is 0 Å². The third-order valence-corrected chi connectivity index (χ3v) is 1.25. The van der Waals surface area contributed by atoms with Crippen LogP contribution in [0.4, 0.5) is 0 Å². The van der Waals surface area contributed by atoms with E-state index in [-0.39, 0.29) is 5.78 Å². The smallest absolute Gasteiger partial charge is 0.171 e. The van der Waals surface area contributed by atoms with Crippen molar-refractivity contribution in [1.82, 2.24) is 0 Å². The van der Waals surface area contributed by atoms with Gasteiger partial charge in [-0.2, -0.15) is 0 Å². The molecule has 2 nitrogen and oxygen atoms in total. The van der Waals surface area contributed by atoms with Gasteiger partial charge in [0.15, 0.2) is 5.78 Å². The Morgan fingerprint density at radius 2 is 2.67 bits per heavy atom. The summed E-state index contributed by atoms with van der Waals surface area (Å²) in [5.74, 6) is 0.736. The SMILES string of the molecule is O=C1COSC1. The highest BCUT2D eigenvalue weighted by Crippen LogP contribution is 2.09. The van der Waals surface area contributed by atoms with Gasteiger partial charge < -0.3 is 4.18 Å². The standard InChI is InChI=1S/C3H4O2S/c4-3-1-5-6-2-3/h1-2H2. The van der Waals surface area contributed by atoms with Crippen molar-refractivity contribution >= 4 is 17.8 Å². The van der Waals surface area contributed by atoms with E-state index >= 15 is 0 Å². The summed E-state index contributed by atoms with van der Waals surface area (Å²) in [5.41, 5.74) is 0. The Morgan fingerprint density at radius 1 is 1.83 bits per heavy atom. The normalized spacial score (nSPS) is 22.3. The van der Waals surface area contributed by atoms with E-state index in [4.69, 9.17) is 0 Å². The molecule has 3 heteroatoms. The number of ketones is 1. The van der Waals surface area contributed by atoms with Crippen molar-refractivity contribution < 1.29 is 8.98 Å². The number of hydrogen-bond donors (Lipinski definition) is 0. The van der Waals surface area contributed by atoms with Crippen molar-refractivity contribution in [2.45, 2.75) is 0 Å². The summed E-state index contributed by atoms with van der Waals surface area (Å²) in [6, 6.07) is 0. The molecule has 0 spiro atoms. The molecule has 6 heavy (non-hydrogen) atoms. The summed E-state index contributed by atoms with van der Waals surface area (Å²) in [7, 11) is 0. The number of carbonyl (C=O) groups excluding carboxylic acids is 1. The molecule has 0 N–H and O–H groups in total. The maximum Gasteiger partial charge on any atom is 0.171 e. The summed E-state index contributed by atoms with van der Waals surface area (Å²) in [6.45, 7) is 0.310. The zero-order valence-electron chi connectivity index (χ0n) is 3.14. The van der Waals surface area contributed by atoms with Crippen LogP contribution < -0.4 is 0 Å². The van der Waals surface area contributed by atoms with E-state index in [2.05, 4.69) is 4.18 Å². The van der Waals surface area contributed by atoms with Gasteiger partial charge in [0.05, 0.1) is 5.75 Å². The average Bonchev–Trinajstić information content (AvgIpc) is 1.86. The van der Waals surface area contributed by atoms with E-state index in [1.54, 1.807) is 0 Å². The molecule has 0 aromatic carbocycles. The first-order valence-corrected chi connectivity index (χ1v) is 2.57. The van der Waals surface area contributed by atoms with E-state index in [1.807, 2.05) is 0 Å². The molecule has 1 heterocycles. The molecule has 0 unspecified atom stereocenters. The fourth-order valence-corrected chi connectivity index (χ4v) is 0.769. The van der Waals surface area contributed by atoms with Gasteiger partial charge in [-0.3, -0.25) is 4.79 Å². The van der Waals surface area contributed by atoms with Crippen LogP contribution in [0.1, 0.15) is 0 Å². The van der Waals surface area contributed by atoms with Gasteiger partial charge in [0.1, 0.15) is 6.61 Å². The molecule has 0 aromatic heterocycles.